The fourth-order valence-electron chi connectivity index (χ4n) is 6.66. The lowest BCUT2D eigenvalue weighted by Crippen LogP contribution is -2.31. The predicted octanol–water partition coefficient (Wildman–Crippen LogP) is 9.36. The summed E-state index contributed by atoms with van der Waals surface area (Å²) in [4.78, 5) is 43.4. The average molecular weight is 747 g/mol. The van der Waals surface area contributed by atoms with E-state index >= 15 is 0 Å². The Hall–Kier alpha value is -6.09. The van der Waals surface area contributed by atoms with Gasteiger partial charge in [-0.3, -0.25) is 19.4 Å². The highest BCUT2D eigenvalue weighted by atomic mass is 16.6. The van der Waals surface area contributed by atoms with Gasteiger partial charge in [-0.25, -0.2) is 4.79 Å². The second kappa shape index (κ2) is 16.7. The summed E-state index contributed by atoms with van der Waals surface area (Å²) < 4.78 is 6.57. The standard InChI is InChI=1S/C48H50N4O4/c1-31(53)37-13-11-15-39(27-37)44(35-19-23-41(24-20-35)49-33(3)51(5)6)29-48(46-18-10-9-17-43(46)47(55)56-48)30-45(40-16-12-14-38(28-40)32(2)54)36-21-25-42(26-22-36)50-34(4)52(7)8/h9-30,33-34,49-50H,1-8H3/b44-29-,45-30-. The number of ether oxygens (including phenoxy) is 1. The molecule has 56 heavy (non-hydrogen) atoms. The number of ketones is 2. The van der Waals surface area contributed by atoms with Gasteiger partial charge < -0.3 is 15.4 Å². The molecule has 1 heterocycles. The molecule has 2 unspecified atom stereocenters. The maximum absolute atomic E-state index is 13.9. The van der Waals surface area contributed by atoms with E-state index in [4.69, 9.17) is 4.74 Å². The highest BCUT2D eigenvalue weighted by Crippen LogP contribution is 2.45. The van der Waals surface area contributed by atoms with Gasteiger partial charge >= 0.3 is 5.97 Å². The number of cyclic esters (lactones) is 1. The number of esters is 1. The topological polar surface area (TPSA) is 91.0 Å². The number of hydrogen-bond acceptors (Lipinski definition) is 8. The summed E-state index contributed by atoms with van der Waals surface area (Å²) in [6.07, 6.45) is 4.19. The van der Waals surface area contributed by atoms with Crippen LogP contribution in [0.5, 0.6) is 0 Å². The molecule has 0 aliphatic carbocycles. The number of carbonyl (C=O) groups excluding carboxylic acids is 3. The Morgan fingerprint density at radius 2 is 0.982 bits per heavy atom. The molecule has 0 saturated heterocycles. The lowest BCUT2D eigenvalue weighted by Gasteiger charge is -2.27. The smallest absolute Gasteiger partial charge is 0.340 e. The minimum atomic E-state index is -1.40. The Morgan fingerprint density at radius 3 is 1.39 bits per heavy atom. The Morgan fingerprint density at radius 1 is 0.571 bits per heavy atom. The zero-order valence-electron chi connectivity index (χ0n) is 33.4. The third-order valence-electron chi connectivity index (χ3n) is 10.4. The van der Waals surface area contributed by atoms with Crippen LogP contribution in [0.4, 0.5) is 11.4 Å². The minimum Gasteiger partial charge on any atom is -0.442 e. The van der Waals surface area contributed by atoms with E-state index in [-0.39, 0.29) is 23.9 Å². The maximum Gasteiger partial charge on any atom is 0.340 e. The summed E-state index contributed by atoms with van der Waals surface area (Å²) in [5.41, 5.74) is 7.64. The number of nitrogens with one attached hydrogen (secondary N) is 2. The minimum absolute atomic E-state index is 0.0544. The second-order valence-corrected chi connectivity index (χ2v) is 14.8. The van der Waals surface area contributed by atoms with E-state index in [1.807, 2.05) is 143 Å². The normalized spacial score (nSPS) is 16.6. The third kappa shape index (κ3) is 8.73. The molecular weight excluding hydrogens is 697 g/mol. The van der Waals surface area contributed by atoms with Crippen LogP contribution in [0.2, 0.25) is 0 Å². The van der Waals surface area contributed by atoms with E-state index in [0.717, 1.165) is 44.8 Å². The van der Waals surface area contributed by atoms with Crippen molar-refractivity contribution in [1.82, 2.24) is 9.80 Å². The Labute approximate surface area is 330 Å². The Balaban J connectivity index is 1.63. The molecule has 0 bridgehead atoms. The van der Waals surface area contributed by atoms with Gasteiger partial charge in [-0.1, -0.05) is 78.9 Å². The number of anilines is 2. The fraction of sp³-hybridized carbons (Fsp3) is 0.229. The monoisotopic (exact) mass is 746 g/mol. The van der Waals surface area contributed by atoms with Crippen LogP contribution in [0.1, 0.15) is 86.6 Å². The van der Waals surface area contributed by atoms with Crippen molar-refractivity contribution in [3.05, 3.63) is 178 Å². The van der Waals surface area contributed by atoms with Crippen molar-refractivity contribution < 1.29 is 19.1 Å². The Kier molecular flexibility index (Phi) is 11.8. The zero-order valence-corrected chi connectivity index (χ0v) is 33.4. The van der Waals surface area contributed by atoms with Gasteiger partial charge in [0.05, 0.1) is 17.9 Å². The first-order valence-electron chi connectivity index (χ1n) is 18.8. The first-order valence-corrected chi connectivity index (χ1v) is 18.8. The van der Waals surface area contributed by atoms with E-state index in [1.165, 1.54) is 0 Å². The lowest BCUT2D eigenvalue weighted by molar-refractivity contribution is 0.0299. The third-order valence-corrected chi connectivity index (χ3v) is 10.4. The number of benzene rings is 5. The second-order valence-electron chi connectivity index (χ2n) is 14.8. The van der Waals surface area contributed by atoms with Crippen molar-refractivity contribution in [3.8, 4) is 0 Å². The highest BCUT2D eigenvalue weighted by Gasteiger charge is 2.43. The number of carbonyl (C=O) groups is 3. The quantitative estimate of drug-likeness (QED) is 0.0661. The van der Waals surface area contributed by atoms with Crippen LogP contribution in [0.3, 0.4) is 0 Å². The fourth-order valence-corrected chi connectivity index (χ4v) is 6.66. The van der Waals surface area contributed by atoms with Crippen molar-refractivity contribution >= 4 is 40.1 Å². The van der Waals surface area contributed by atoms with Gasteiger partial charge in [-0.15, -0.1) is 0 Å². The van der Waals surface area contributed by atoms with Gasteiger partial charge in [-0.05, 0) is 144 Å². The summed E-state index contributed by atoms with van der Waals surface area (Å²) in [6, 6.07) is 38.8. The van der Waals surface area contributed by atoms with Crippen LogP contribution in [-0.2, 0) is 10.3 Å². The van der Waals surface area contributed by atoms with Crippen LogP contribution < -0.4 is 10.6 Å². The SMILES string of the molecule is CC(=O)c1cccc(/C(=C\C2(/C=C(/c3ccc(NC(C)N(C)C)cc3)c3cccc(C(C)=O)c3)OC(=O)c3ccccc32)c2ccc(NC(C)N(C)C)cc2)c1. The van der Waals surface area contributed by atoms with Gasteiger partial charge in [0.15, 0.2) is 17.2 Å². The number of hydrogen-bond donors (Lipinski definition) is 2. The summed E-state index contributed by atoms with van der Waals surface area (Å²) >= 11 is 0. The van der Waals surface area contributed by atoms with E-state index in [0.29, 0.717) is 22.3 Å². The first-order chi connectivity index (χ1) is 26.7. The van der Waals surface area contributed by atoms with Crippen LogP contribution in [0.15, 0.2) is 133 Å². The van der Waals surface area contributed by atoms with Crippen LogP contribution >= 0.6 is 0 Å². The van der Waals surface area contributed by atoms with Gasteiger partial charge in [0.2, 0.25) is 0 Å². The predicted molar refractivity (Wildman–Crippen MR) is 227 cm³/mol. The molecule has 2 N–H and O–H groups in total. The van der Waals surface area contributed by atoms with Crippen molar-refractivity contribution in [2.45, 2.75) is 45.6 Å². The molecule has 0 saturated carbocycles. The van der Waals surface area contributed by atoms with Gasteiger partial charge in [0.1, 0.15) is 0 Å². The lowest BCUT2D eigenvalue weighted by atomic mass is 9.82. The van der Waals surface area contributed by atoms with Gasteiger partial charge in [0.25, 0.3) is 0 Å². The first kappa shape index (κ1) is 39.6. The zero-order chi connectivity index (χ0) is 40.1. The summed E-state index contributed by atoms with van der Waals surface area (Å²) in [6.45, 7) is 7.29. The summed E-state index contributed by atoms with van der Waals surface area (Å²) in [5, 5.41) is 7.03. The largest absolute Gasteiger partial charge is 0.442 e. The molecule has 0 aromatic heterocycles. The summed E-state index contributed by atoms with van der Waals surface area (Å²) in [7, 11) is 8.07. The van der Waals surface area contributed by atoms with E-state index < -0.39 is 11.6 Å². The number of rotatable bonds is 14. The molecule has 0 fully saturated rings. The van der Waals surface area contributed by atoms with Crippen LogP contribution in [0, 0.1) is 0 Å². The number of nitrogens with zero attached hydrogens (tertiary/aromatic N) is 2. The number of fused-ring (bicyclic) bond motifs is 1. The van der Waals surface area contributed by atoms with E-state index in [1.54, 1.807) is 32.0 Å². The van der Waals surface area contributed by atoms with Gasteiger partial charge in [0, 0.05) is 28.1 Å². The highest BCUT2D eigenvalue weighted by molar-refractivity contribution is 5.99. The molecule has 0 radical (unpaired) electrons. The molecule has 8 heteroatoms. The molecule has 5 aromatic carbocycles. The molecule has 8 nitrogen and oxygen atoms in total. The van der Waals surface area contributed by atoms with E-state index in [9.17, 15) is 14.4 Å². The number of Topliss-reactive ketones (excluding diaryl/α,β-unsaturated/α-hetero) is 2. The average Bonchev–Trinajstić information content (AvgIpc) is 3.47. The Bertz CT molecular complexity index is 2170. The molecule has 5 aromatic rings. The molecule has 6 rings (SSSR count). The molecule has 0 spiro atoms. The molecule has 1 aliphatic heterocycles. The summed E-state index contributed by atoms with van der Waals surface area (Å²) in [5.74, 6) is -0.557. The van der Waals surface area contributed by atoms with Crippen molar-refractivity contribution in [2.75, 3.05) is 38.8 Å². The van der Waals surface area contributed by atoms with Crippen molar-refractivity contribution in [3.63, 3.8) is 0 Å². The molecule has 286 valence electrons. The molecule has 0 amide bonds. The van der Waals surface area contributed by atoms with Crippen molar-refractivity contribution in [1.29, 1.82) is 0 Å². The van der Waals surface area contributed by atoms with Crippen LogP contribution in [0.25, 0.3) is 11.1 Å². The molecule has 1 aliphatic rings. The molecular formula is C48H50N4O4. The van der Waals surface area contributed by atoms with Gasteiger partial charge in [-0.2, -0.15) is 0 Å². The maximum atomic E-state index is 13.9. The van der Waals surface area contributed by atoms with E-state index in [2.05, 4.69) is 34.3 Å². The van der Waals surface area contributed by atoms with Crippen molar-refractivity contribution in [2.24, 2.45) is 0 Å². The van der Waals surface area contributed by atoms with Crippen LogP contribution in [-0.4, -0.2) is 67.9 Å². The molecule has 2 atom stereocenters.